The molecular weight excluding hydrogens is 314 g/mol. The van der Waals surface area contributed by atoms with Gasteiger partial charge in [0.25, 0.3) is 0 Å². The predicted molar refractivity (Wildman–Crippen MR) is 99.8 cm³/mol. The fourth-order valence-corrected chi connectivity index (χ4v) is 2.52. The van der Waals surface area contributed by atoms with Gasteiger partial charge in [0.05, 0.1) is 17.9 Å². The van der Waals surface area contributed by atoms with Crippen molar-refractivity contribution in [1.29, 1.82) is 0 Å². The molecule has 0 saturated heterocycles. The number of nitrogens with one attached hydrogen (secondary N) is 2. The van der Waals surface area contributed by atoms with Crippen molar-refractivity contribution in [3.8, 4) is 0 Å². The number of hydrogen-bond acceptors (Lipinski definition) is 6. The first-order valence-corrected chi connectivity index (χ1v) is 8.52. The van der Waals surface area contributed by atoms with E-state index in [0.717, 1.165) is 28.7 Å². The second kappa shape index (κ2) is 6.66. The van der Waals surface area contributed by atoms with Gasteiger partial charge in [-0.15, -0.1) is 15.3 Å². The molecule has 0 unspecified atom stereocenters. The fourth-order valence-electron chi connectivity index (χ4n) is 2.52. The summed E-state index contributed by atoms with van der Waals surface area (Å²) in [5.74, 6) is 1.86. The standard InChI is InChI=1S/C18H25N7/c1-12(2)16-22-23-17-14(20-11-13-8-6-7-9-19-13)10-15(24-25(16)17)21-18(3,4)5/h6-10,12,20H,11H2,1-5H3,(H,21,24). The van der Waals surface area contributed by atoms with E-state index in [4.69, 9.17) is 0 Å². The van der Waals surface area contributed by atoms with Crippen molar-refractivity contribution < 1.29 is 0 Å². The maximum Gasteiger partial charge on any atom is 0.201 e. The highest BCUT2D eigenvalue weighted by molar-refractivity contribution is 5.70. The first kappa shape index (κ1) is 17.1. The molecule has 0 fully saturated rings. The highest BCUT2D eigenvalue weighted by Crippen LogP contribution is 2.24. The van der Waals surface area contributed by atoms with Gasteiger partial charge >= 0.3 is 0 Å². The van der Waals surface area contributed by atoms with Gasteiger partial charge in [0.15, 0.2) is 5.82 Å². The number of rotatable bonds is 5. The molecule has 0 aliphatic heterocycles. The van der Waals surface area contributed by atoms with Crippen LogP contribution in [-0.2, 0) is 6.54 Å². The SMILES string of the molecule is CC(C)c1nnc2c(NCc3ccccn3)cc(NC(C)(C)C)nn12. The van der Waals surface area contributed by atoms with Crippen LogP contribution in [0.5, 0.6) is 0 Å². The van der Waals surface area contributed by atoms with Crippen LogP contribution in [0.4, 0.5) is 11.5 Å². The Hall–Kier alpha value is -2.70. The van der Waals surface area contributed by atoms with E-state index >= 15 is 0 Å². The summed E-state index contributed by atoms with van der Waals surface area (Å²) in [5, 5.41) is 20.2. The van der Waals surface area contributed by atoms with Crippen molar-refractivity contribution in [2.24, 2.45) is 0 Å². The van der Waals surface area contributed by atoms with E-state index in [2.05, 4.69) is 65.5 Å². The first-order valence-electron chi connectivity index (χ1n) is 8.52. The predicted octanol–water partition coefficient (Wildman–Crippen LogP) is 3.47. The van der Waals surface area contributed by atoms with Crippen LogP contribution in [0.2, 0.25) is 0 Å². The zero-order chi connectivity index (χ0) is 18.0. The highest BCUT2D eigenvalue weighted by atomic mass is 15.4. The smallest absolute Gasteiger partial charge is 0.201 e. The summed E-state index contributed by atoms with van der Waals surface area (Å²) in [6.45, 7) is 11.1. The van der Waals surface area contributed by atoms with Gasteiger partial charge in [-0.1, -0.05) is 19.9 Å². The molecule has 0 bridgehead atoms. The molecule has 0 aliphatic rings. The van der Waals surface area contributed by atoms with Gasteiger partial charge in [0.2, 0.25) is 5.65 Å². The third-order valence-corrected chi connectivity index (χ3v) is 3.60. The van der Waals surface area contributed by atoms with Gasteiger partial charge in [0, 0.05) is 23.7 Å². The number of anilines is 2. The van der Waals surface area contributed by atoms with Crippen LogP contribution < -0.4 is 10.6 Å². The largest absolute Gasteiger partial charge is 0.376 e. The van der Waals surface area contributed by atoms with Crippen LogP contribution in [0.1, 0.15) is 52.1 Å². The summed E-state index contributed by atoms with van der Waals surface area (Å²) >= 11 is 0. The van der Waals surface area contributed by atoms with E-state index in [-0.39, 0.29) is 11.5 Å². The second-order valence-corrected chi connectivity index (χ2v) is 7.44. The maximum absolute atomic E-state index is 4.68. The molecule has 0 amide bonds. The molecule has 7 nitrogen and oxygen atoms in total. The monoisotopic (exact) mass is 339 g/mol. The van der Waals surface area contributed by atoms with Gasteiger partial charge in [-0.05, 0) is 32.9 Å². The average Bonchev–Trinajstić information content (AvgIpc) is 2.96. The second-order valence-electron chi connectivity index (χ2n) is 7.44. The number of pyridine rings is 1. The molecule has 0 aromatic carbocycles. The van der Waals surface area contributed by atoms with Crippen molar-refractivity contribution in [1.82, 2.24) is 24.8 Å². The lowest BCUT2D eigenvalue weighted by Crippen LogP contribution is -2.27. The zero-order valence-electron chi connectivity index (χ0n) is 15.4. The van der Waals surface area contributed by atoms with E-state index in [1.165, 1.54) is 0 Å². The molecule has 0 atom stereocenters. The van der Waals surface area contributed by atoms with Crippen LogP contribution >= 0.6 is 0 Å². The highest BCUT2D eigenvalue weighted by Gasteiger charge is 2.17. The topological polar surface area (TPSA) is 80.0 Å². The van der Waals surface area contributed by atoms with E-state index in [0.29, 0.717) is 6.54 Å². The molecule has 0 aliphatic carbocycles. The molecule has 0 radical (unpaired) electrons. The van der Waals surface area contributed by atoms with Gasteiger partial charge in [-0.25, -0.2) is 0 Å². The number of aromatic nitrogens is 5. The Morgan fingerprint density at radius 3 is 2.60 bits per heavy atom. The third kappa shape index (κ3) is 4.04. The summed E-state index contributed by atoms with van der Waals surface area (Å²) in [4.78, 5) is 4.35. The van der Waals surface area contributed by atoms with E-state index < -0.39 is 0 Å². The average molecular weight is 339 g/mol. The normalized spacial score (nSPS) is 11.9. The van der Waals surface area contributed by atoms with Crippen LogP contribution in [0, 0.1) is 0 Å². The van der Waals surface area contributed by atoms with Crippen LogP contribution in [-0.4, -0.2) is 30.3 Å². The van der Waals surface area contributed by atoms with Crippen molar-refractivity contribution in [3.63, 3.8) is 0 Å². The summed E-state index contributed by atoms with van der Waals surface area (Å²) in [6.07, 6.45) is 1.79. The molecule has 3 aromatic rings. The van der Waals surface area contributed by atoms with Crippen molar-refractivity contribution in [3.05, 3.63) is 42.0 Å². The Kier molecular flexibility index (Phi) is 4.57. The minimum Gasteiger partial charge on any atom is -0.376 e. The van der Waals surface area contributed by atoms with E-state index in [1.807, 2.05) is 28.8 Å². The zero-order valence-corrected chi connectivity index (χ0v) is 15.4. The number of nitrogens with zero attached hydrogens (tertiary/aromatic N) is 5. The molecule has 2 N–H and O–H groups in total. The molecule has 3 aromatic heterocycles. The summed E-state index contributed by atoms with van der Waals surface area (Å²) in [6, 6.07) is 7.85. The van der Waals surface area contributed by atoms with Crippen molar-refractivity contribution >= 4 is 17.2 Å². The summed E-state index contributed by atoms with van der Waals surface area (Å²) in [5.41, 5.74) is 2.47. The van der Waals surface area contributed by atoms with Crippen molar-refractivity contribution in [2.75, 3.05) is 10.6 Å². The fraction of sp³-hybridized carbons (Fsp3) is 0.444. The Bertz CT molecular complexity index is 847. The molecule has 25 heavy (non-hydrogen) atoms. The van der Waals surface area contributed by atoms with Gasteiger partial charge in [-0.3, -0.25) is 4.98 Å². The molecule has 0 saturated carbocycles. The minimum atomic E-state index is -0.0923. The van der Waals surface area contributed by atoms with E-state index in [1.54, 1.807) is 6.20 Å². The minimum absolute atomic E-state index is 0.0923. The molecule has 3 heterocycles. The Balaban J connectivity index is 1.99. The van der Waals surface area contributed by atoms with E-state index in [9.17, 15) is 0 Å². The number of fused-ring (bicyclic) bond motifs is 1. The quantitative estimate of drug-likeness (QED) is 0.741. The molecule has 7 heteroatoms. The molecular formula is C18H25N7. The van der Waals surface area contributed by atoms with Gasteiger partial charge in [-0.2, -0.15) is 4.52 Å². The lowest BCUT2D eigenvalue weighted by molar-refractivity contribution is 0.624. The summed E-state index contributed by atoms with van der Waals surface area (Å²) in [7, 11) is 0. The third-order valence-electron chi connectivity index (χ3n) is 3.60. The van der Waals surface area contributed by atoms with Crippen LogP contribution in [0.15, 0.2) is 30.5 Å². The van der Waals surface area contributed by atoms with Gasteiger partial charge in [0.1, 0.15) is 5.82 Å². The summed E-state index contributed by atoms with van der Waals surface area (Å²) < 4.78 is 1.82. The number of hydrogen-bond donors (Lipinski definition) is 2. The Morgan fingerprint density at radius 2 is 1.96 bits per heavy atom. The molecule has 3 rings (SSSR count). The van der Waals surface area contributed by atoms with Gasteiger partial charge < -0.3 is 10.6 Å². The van der Waals surface area contributed by atoms with Crippen molar-refractivity contribution in [2.45, 2.75) is 52.6 Å². The molecule has 132 valence electrons. The maximum atomic E-state index is 4.68. The lowest BCUT2D eigenvalue weighted by Gasteiger charge is -2.22. The van der Waals surface area contributed by atoms with Crippen LogP contribution in [0.25, 0.3) is 5.65 Å². The molecule has 0 spiro atoms. The Labute approximate surface area is 147 Å². The lowest BCUT2D eigenvalue weighted by atomic mass is 10.1. The van der Waals surface area contributed by atoms with Crippen LogP contribution in [0.3, 0.4) is 0 Å². The first-order chi connectivity index (χ1) is 11.8. The Morgan fingerprint density at radius 1 is 1.16 bits per heavy atom.